The summed E-state index contributed by atoms with van der Waals surface area (Å²) < 4.78 is 21.5. The molecule has 1 aliphatic heterocycles. The quantitative estimate of drug-likeness (QED) is 0.270. The Labute approximate surface area is 201 Å². The van der Waals surface area contributed by atoms with E-state index in [0.717, 1.165) is 40.3 Å². The van der Waals surface area contributed by atoms with E-state index in [4.69, 9.17) is 4.98 Å². The predicted molar refractivity (Wildman–Crippen MR) is 141 cm³/mol. The van der Waals surface area contributed by atoms with Crippen LogP contribution in [0.15, 0.2) is 77.8 Å². The zero-order valence-electron chi connectivity index (χ0n) is 19.1. The Kier molecular flexibility index (Phi) is 6.28. The molecule has 0 unspecified atom stereocenters. The second kappa shape index (κ2) is 9.50. The topological polar surface area (TPSA) is 93.5 Å². The van der Waals surface area contributed by atoms with Crippen molar-refractivity contribution in [2.24, 2.45) is 0 Å². The molecule has 0 spiro atoms. The molecule has 7 nitrogen and oxygen atoms in total. The van der Waals surface area contributed by atoms with E-state index in [0.29, 0.717) is 24.5 Å². The number of aryl methyl sites for hydroxylation is 1. The molecule has 34 heavy (non-hydrogen) atoms. The van der Waals surface area contributed by atoms with Crippen LogP contribution in [-0.2, 0) is 6.54 Å². The van der Waals surface area contributed by atoms with Gasteiger partial charge >= 0.3 is 0 Å². The first-order valence-electron chi connectivity index (χ1n) is 11.4. The van der Waals surface area contributed by atoms with Crippen LogP contribution in [0.3, 0.4) is 0 Å². The summed E-state index contributed by atoms with van der Waals surface area (Å²) in [6, 6.07) is 21.7. The van der Waals surface area contributed by atoms with Crippen molar-refractivity contribution in [3.63, 3.8) is 0 Å². The number of anilines is 3. The third-order valence-corrected chi connectivity index (χ3v) is 7.87. The van der Waals surface area contributed by atoms with Gasteiger partial charge in [-0.3, -0.25) is 9.11 Å². The number of aromatic nitrogens is 2. The second-order valence-corrected chi connectivity index (χ2v) is 10.7. The summed E-state index contributed by atoms with van der Waals surface area (Å²) in [6.07, 6.45) is 1.77. The molecule has 0 saturated carbocycles. The van der Waals surface area contributed by atoms with E-state index in [-0.39, 0.29) is 5.75 Å². The number of rotatable bonds is 6. The molecule has 176 valence electrons. The Balaban J connectivity index is 1.42. The van der Waals surface area contributed by atoms with Gasteiger partial charge in [-0.25, -0.2) is 9.97 Å². The molecule has 3 heterocycles. The van der Waals surface area contributed by atoms with Crippen molar-refractivity contribution in [2.45, 2.75) is 18.4 Å². The van der Waals surface area contributed by atoms with Gasteiger partial charge in [-0.15, -0.1) is 0 Å². The molecule has 0 radical (unpaired) electrons. The highest BCUT2D eigenvalue weighted by Crippen LogP contribution is 2.51. The molecular formula is C26H29N5O2S. The lowest BCUT2D eigenvalue weighted by molar-refractivity contribution is 0.488. The maximum atomic E-state index is 10.7. The molecule has 0 saturated heterocycles. The molecule has 0 fully saturated rings. The lowest BCUT2D eigenvalue weighted by Crippen LogP contribution is -2.26. The first-order valence-corrected chi connectivity index (χ1v) is 13.1. The molecule has 4 aromatic rings. The molecule has 5 rings (SSSR count). The van der Waals surface area contributed by atoms with Gasteiger partial charge in [0, 0.05) is 49.5 Å². The van der Waals surface area contributed by atoms with Crippen molar-refractivity contribution in [3.05, 3.63) is 84.1 Å². The Morgan fingerprint density at radius 1 is 0.971 bits per heavy atom. The van der Waals surface area contributed by atoms with Crippen LogP contribution in [0.2, 0.25) is 0 Å². The monoisotopic (exact) mass is 475 g/mol. The van der Waals surface area contributed by atoms with Crippen LogP contribution in [0, 0.1) is 6.92 Å². The molecule has 2 aromatic carbocycles. The molecule has 8 heteroatoms. The van der Waals surface area contributed by atoms with Crippen LogP contribution in [-0.4, -0.2) is 44.5 Å². The third kappa shape index (κ3) is 4.79. The molecular weight excluding hydrogens is 446 g/mol. The summed E-state index contributed by atoms with van der Waals surface area (Å²) in [5, 5.41) is 7.96. The average molecular weight is 476 g/mol. The third-order valence-electron chi connectivity index (χ3n) is 6.02. The van der Waals surface area contributed by atoms with Crippen molar-refractivity contribution in [3.8, 4) is 0 Å². The molecule has 0 bridgehead atoms. The van der Waals surface area contributed by atoms with Gasteiger partial charge in [0.2, 0.25) is 0 Å². The number of benzene rings is 2. The number of hydrogen-bond acceptors (Lipinski definition) is 7. The standard InChI is InChI=1S/C26H29N5O2S/c1-19-9-10-22-21(16-19)23(27-12-13-29-25-8-4-5-11-28-25)17-26(30-22)31-14-15-34(32,33)24-7-3-2-6-20(24)18-31/h2-11,16-17,32-33H,12-15,18H2,1H3,(H,27,30)(H,28,29). The van der Waals surface area contributed by atoms with Crippen molar-refractivity contribution in [1.82, 2.24) is 9.97 Å². The van der Waals surface area contributed by atoms with Gasteiger partial charge in [-0.05, 0) is 42.8 Å². The second-order valence-electron chi connectivity index (χ2n) is 8.52. The Bertz CT molecular complexity index is 1300. The molecule has 2 aromatic heterocycles. The van der Waals surface area contributed by atoms with Crippen molar-refractivity contribution < 1.29 is 9.11 Å². The molecule has 1 aliphatic rings. The first kappa shape index (κ1) is 22.5. The van der Waals surface area contributed by atoms with E-state index >= 15 is 0 Å². The van der Waals surface area contributed by atoms with Crippen LogP contribution < -0.4 is 15.5 Å². The minimum Gasteiger partial charge on any atom is -0.383 e. The normalized spacial score (nSPS) is 15.9. The van der Waals surface area contributed by atoms with Gasteiger partial charge in [-0.2, -0.15) is 10.6 Å². The molecule has 4 N–H and O–H groups in total. The molecule has 0 aliphatic carbocycles. The van der Waals surface area contributed by atoms with Crippen LogP contribution in [0.5, 0.6) is 0 Å². The van der Waals surface area contributed by atoms with Gasteiger partial charge < -0.3 is 15.5 Å². The number of nitrogens with zero attached hydrogens (tertiary/aromatic N) is 3. The van der Waals surface area contributed by atoms with Crippen LogP contribution in [0.1, 0.15) is 11.1 Å². The molecule has 0 amide bonds. The smallest absolute Gasteiger partial charge is 0.131 e. The van der Waals surface area contributed by atoms with E-state index in [1.54, 1.807) is 6.20 Å². The highest BCUT2D eigenvalue weighted by molar-refractivity contribution is 8.24. The maximum absolute atomic E-state index is 10.7. The summed E-state index contributed by atoms with van der Waals surface area (Å²) in [4.78, 5) is 12.0. The zero-order valence-corrected chi connectivity index (χ0v) is 19.9. The number of nitrogens with one attached hydrogen (secondary N) is 2. The first-order chi connectivity index (χ1) is 16.5. The van der Waals surface area contributed by atoms with Crippen molar-refractivity contribution in [2.75, 3.05) is 40.9 Å². The Hall–Kier alpha value is -3.33. The SMILES string of the molecule is Cc1ccc2nc(N3CCS(O)(O)c4ccccc4C3)cc(NCCNc3ccccn3)c2c1. The fourth-order valence-corrected chi connectivity index (χ4v) is 5.81. The summed E-state index contributed by atoms with van der Waals surface area (Å²) >= 11 is 0. The fourth-order valence-electron chi connectivity index (χ4n) is 4.27. The zero-order chi connectivity index (χ0) is 23.5. The summed E-state index contributed by atoms with van der Waals surface area (Å²) in [5.41, 5.74) is 4.03. The molecule has 0 atom stereocenters. The number of fused-ring (bicyclic) bond motifs is 2. The van der Waals surface area contributed by atoms with E-state index in [9.17, 15) is 9.11 Å². The van der Waals surface area contributed by atoms with Gasteiger partial charge in [0.25, 0.3) is 0 Å². The van der Waals surface area contributed by atoms with E-state index in [1.165, 1.54) is 5.56 Å². The predicted octanol–water partition coefficient (Wildman–Crippen LogP) is 5.59. The minimum absolute atomic E-state index is 0.286. The fraction of sp³-hybridized carbons (Fsp3) is 0.231. The maximum Gasteiger partial charge on any atom is 0.131 e. The van der Waals surface area contributed by atoms with E-state index < -0.39 is 10.6 Å². The van der Waals surface area contributed by atoms with Crippen molar-refractivity contribution >= 4 is 38.8 Å². The van der Waals surface area contributed by atoms with Gasteiger partial charge in [-0.1, -0.05) is 35.9 Å². The van der Waals surface area contributed by atoms with Crippen LogP contribution >= 0.6 is 10.6 Å². The highest BCUT2D eigenvalue weighted by atomic mass is 32.3. The largest absolute Gasteiger partial charge is 0.383 e. The number of hydrogen-bond donors (Lipinski definition) is 4. The van der Waals surface area contributed by atoms with E-state index in [2.05, 4.69) is 45.6 Å². The van der Waals surface area contributed by atoms with Crippen LogP contribution in [0.25, 0.3) is 10.9 Å². The van der Waals surface area contributed by atoms with E-state index in [1.807, 2.05) is 48.5 Å². The lowest BCUT2D eigenvalue weighted by atomic mass is 10.1. The van der Waals surface area contributed by atoms with Crippen molar-refractivity contribution in [1.29, 1.82) is 0 Å². The van der Waals surface area contributed by atoms with Gasteiger partial charge in [0.05, 0.1) is 16.2 Å². The minimum atomic E-state index is -2.82. The summed E-state index contributed by atoms with van der Waals surface area (Å²) in [6.45, 7) is 4.61. The van der Waals surface area contributed by atoms with Gasteiger partial charge in [0.1, 0.15) is 11.6 Å². The lowest BCUT2D eigenvalue weighted by Gasteiger charge is -2.32. The highest BCUT2D eigenvalue weighted by Gasteiger charge is 2.26. The Morgan fingerprint density at radius 3 is 2.65 bits per heavy atom. The summed E-state index contributed by atoms with van der Waals surface area (Å²) in [5.74, 6) is 1.96. The Morgan fingerprint density at radius 2 is 1.79 bits per heavy atom. The van der Waals surface area contributed by atoms with Crippen LogP contribution in [0.4, 0.5) is 17.3 Å². The average Bonchev–Trinajstić information content (AvgIpc) is 2.98. The number of pyridine rings is 2. The van der Waals surface area contributed by atoms with Gasteiger partial charge in [0.15, 0.2) is 0 Å². The summed E-state index contributed by atoms with van der Waals surface area (Å²) in [7, 11) is -2.82.